The van der Waals surface area contributed by atoms with E-state index in [9.17, 15) is 4.79 Å². The van der Waals surface area contributed by atoms with Crippen LogP contribution in [0.2, 0.25) is 0 Å². The van der Waals surface area contributed by atoms with Crippen LogP contribution >= 0.6 is 0 Å². The maximum Gasteiger partial charge on any atom is 0.256 e. The summed E-state index contributed by atoms with van der Waals surface area (Å²) in [7, 11) is 1.58. The fourth-order valence-electron chi connectivity index (χ4n) is 3.18. The molecule has 0 saturated carbocycles. The number of para-hydroxylation sites is 1. The molecule has 1 N–H and O–H groups in total. The topological polar surface area (TPSA) is 54.5 Å². The first kappa shape index (κ1) is 16.1. The van der Waals surface area contributed by atoms with Gasteiger partial charge in [0.25, 0.3) is 5.91 Å². The molecule has 5 nitrogen and oxygen atoms in total. The minimum atomic E-state index is -0.212. The molecule has 0 radical (unpaired) electrons. The van der Waals surface area contributed by atoms with Crippen molar-refractivity contribution in [1.29, 1.82) is 0 Å². The number of ether oxygens (including phenoxy) is 1. The van der Waals surface area contributed by atoms with Crippen molar-refractivity contribution < 1.29 is 9.53 Å². The molecule has 130 valence electrons. The first-order valence-electron chi connectivity index (χ1n) is 8.51. The zero-order chi connectivity index (χ0) is 17.9. The summed E-state index contributed by atoms with van der Waals surface area (Å²) in [6.45, 7) is 0.941. The van der Waals surface area contributed by atoms with Crippen LogP contribution in [0.1, 0.15) is 15.9 Å². The van der Waals surface area contributed by atoms with Gasteiger partial charge < -0.3 is 15.0 Å². The highest BCUT2D eigenvalue weighted by Crippen LogP contribution is 2.34. The van der Waals surface area contributed by atoms with Crippen molar-refractivity contribution in [1.82, 2.24) is 4.98 Å². The van der Waals surface area contributed by atoms with E-state index in [2.05, 4.69) is 33.4 Å². The van der Waals surface area contributed by atoms with Gasteiger partial charge in [-0.3, -0.25) is 4.79 Å². The molecule has 4 rings (SSSR count). The average Bonchev–Trinajstić information content (AvgIpc) is 3.13. The maximum atomic E-state index is 12.4. The van der Waals surface area contributed by atoms with Gasteiger partial charge in [0.1, 0.15) is 11.6 Å². The highest BCUT2D eigenvalue weighted by atomic mass is 16.5. The highest BCUT2D eigenvalue weighted by molar-refractivity contribution is 6.04. The highest BCUT2D eigenvalue weighted by Gasteiger charge is 2.20. The number of anilines is 3. The van der Waals surface area contributed by atoms with E-state index in [0.29, 0.717) is 17.1 Å². The van der Waals surface area contributed by atoms with Gasteiger partial charge in [0.15, 0.2) is 0 Å². The van der Waals surface area contributed by atoms with E-state index >= 15 is 0 Å². The Hall–Kier alpha value is -3.34. The van der Waals surface area contributed by atoms with Crippen LogP contribution in [0.5, 0.6) is 5.75 Å². The Morgan fingerprint density at radius 1 is 1.12 bits per heavy atom. The van der Waals surface area contributed by atoms with Gasteiger partial charge in [-0.1, -0.05) is 24.3 Å². The monoisotopic (exact) mass is 345 g/mol. The van der Waals surface area contributed by atoms with Crippen LogP contribution in [0.15, 0.2) is 66.9 Å². The molecule has 1 aliphatic rings. The summed E-state index contributed by atoms with van der Waals surface area (Å²) in [6, 6.07) is 19.2. The van der Waals surface area contributed by atoms with E-state index in [1.165, 1.54) is 11.3 Å². The predicted octanol–water partition coefficient (Wildman–Crippen LogP) is 4.04. The second kappa shape index (κ2) is 6.88. The number of carbonyl (C=O) groups is 1. The lowest BCUT2D eigenvalue weighted by molar-refractivity contribution is 0.102. The number of carbonyl (C=O) groups excluding carboxylic acids is 1. The van der Waals surface area contributed by atoms with Gasteiger partial charge in [-0.25, -0.2) is 4.98 Å². The summed E-state index contributed by atoms with van der Waals surface area (Å²) in [6.07, 6.45) is 2.83. The van der Waals surface area contributed by atoms with Crippen LogP contribution in [0.25, 0.3) is 0 Å². The van der Waals surface area contributed by atoms with Crippen molar-refractivity contribution in [3.8, 4) is 5.75 Å². The number of amides is 1. The maximum absolute atomic E-state index is 12.4. The summed E-state index contributed by atoms with van der Waals surface area (Å²) >= 11 is 0. The number of nitrogens with one attached hydrogen (secondary N) is 1. The summed E-state index contributed by atoms with van der Waals surface area (Å²) in [5, 5.41) is 2.82. The van der Waals surface area contributed by atoms with Crippen molar-refractivity contribution in [3.63, 3.8) is 0 Å². The SMILES string of the molecule is COc1cccc(C(=O)Nc2ccc(N3CCc4ccccc43)cn2)c1. The Kier molecular flexibility index (Phi) is 4.27. The van der Waals surface area contributed by atoms with Crippen LogP contribution in [0, 0.1) is 0 Å². The summed E-state index contributed by atoms with van der Waals surface area (Å²) in [5.74, 6) is 0.957. The van der Waals surface area contributed by atoms with Crippen LogP contribution < -0.4 is 15.0 Å². The van der Waals surface area contributed by atoms with Crippen LogP contribution in [0.3, 0.4) is 0 Å². The van der Waals surface area contributed by atoms with E-state index in [0.717, 1.165) is 18.7 Å². The second-order valence-corrected chi connectivity index (χ2v) is 6.12. The normalized spacial score (nSPS) is 12.6. The number of aromatic nitrogens is 1. The zero-order valence-corrected chi connectivity index (χ0v) is 14.5. The van der Waals surface area contributed by atoms with E-state index in [1.807, 2.05) is 18.2 Å². The van der Waals surface area contributed by atoms with Gasteiger partial charge in [-0.05, 0) is 48.4 Å². The number of nitrogens with zero attached hydrogens (tertiary/aromatic N) is 2. The van der Waals surface area contributed by atoms with Gasteiger partial charge in [0.2, 0.25) is 0 Å². The number of hydrogen-bond acceptors (Lipinski definition) is 4. The number of methoxy groups -OCH3 is 1. The molecule has 0 unspecified atom stereocenters. The Bertz CT molecular complexity index is 938. The molecule has 3 aromatic rings. The molecule has 1 aromatic heterocycles. The molecule has 2 aromatic carbocycles. The number of pyridine rings is 1. The third kappa shape index (κ3) is 3.11. The van der Waals surface area contributed by atoms with Crippen molar-refractivity contribution in [3.05, 3.63) is 78.0 Å². The fourth-order valence-corrected chi connectivity index (χ4v) is 3.18. The van der Waals surface area contributed by atoms with E-state index in [1.54, 1.807) is 37.6 Å². The molecule has 0 atom stereocenters. The first-order chi connectivity index (χ1) is 12.7. The molecule has 0 fully saturated rings. The quantitative estimate of drug-likeness (QED) is 0.775. The van der Waals surface area contributed by atoms with E-state index in [4.69, 9.17) is 4.74 Å². The first-order valence-corrected chi connectivity index (χ1v) is 8.51. The largest absolute Gasteiger partial charge is 0.497 e. The van der Waals surface area contributed by atoms with Crippen molar-refractivity contribution >= 4 is 23.1 Å². The standard InChI is InChI=1S/C21H19N3O2/c1-26-18-7-4-6-16(13-18)21(25)23-20-10-9-17(14-22-20)24-12-11-15-5-2-3-8-19(15)24/h2-10,13-14H,11-12H2,1H3,(H,22,23,25). The minimum Gasteiger partial charge on any atom is -0.497 e. The molecule has 0 saturated heterocycles. The van der Waals surface area contributed by atoms with Crippen LogP contribution in [0.4, 0.5) is 17.2 Å². The van der Waals surface area contributed by atoms with Crippen molar-refractivity contribution in [2.75, 3.05) is 23.9 Å². The number of hydrogen-bond donors (Lipinski definition) is 1. The third-order valence-corrected chi connectivity index (χ3v) is 4.52. The van der Waals surface area contributed by atoms with Gasteiger partial charge in [0.05, 0.1) is 19.0 Å². The lowest BCUT2D eigenvalue weighted by Gasteiger charge is -2.19. The summed E-state index contributed by atoms with van der Waals surface area (Å²) in [5.41, 5.74) is 4.13. The van der Waals surface area contributed by atoms with E-state index in [-0.39, 0.29) is 5.91 Å². The molecule has 1 aliphatic heterocycles. The molecule has 0 spiro atoms. The fraction of sp³-hybridized carbons (Fsp3) is 0.143. The zero-order valence-electron chi connectivity index (χ0n) is 14.5. The number of fused-ring (bicyclic) bond motifs is 1. The predicted molar refractivity (Wildman–Crippen MR) is 102 cm³/mol. The van der Waals surface area contributed by atoms with Gasteiger partial charge in [-0.2, -0.15) is 0 Å². The molecule has 26 heavy (non-hydrogen) atoms. The van der Waals surface area contributed by atoms with Gasteiger partial charge in [-0.15, -0.1) is 0 Å². The lowest BCUT2D eigenvalue weighted by atomic mass is 10.2. The Labute approximate surface area is 152 Å². The summed E-state index contributed by atoms with van der Waals surface area (Å²) in [4.78, 5) is 19.0. The van der Waals surface area contributed by atoms with Gasteiger partial charge >= 0.3 is 0 Å². The van der Waals surface area contributed by atoms with Crippen molar-refractivity contribution in [2.45, 2.75) is 6.42 Å². The van der Waals surface area contributed by atoms with Gasteiger partial charge in [0, 0.05) is 17.8 Å². The Morgan fingerprint density at radius 2 is 2.00 bits per heavy atom. The average molecular weight is 345 g/mol. The molecular weight excluding hydrogens is 326 g/mol. The molecule has 1 amide bonds. The number of rotatable bonds is 4. The molecule has 0 aliphatic carbocycles. The molecular formula is C21H19N3O2. The minimum absolute atomic E-state index is 0.212. The molecule has 5 heteroatoms. The van der Waals surface area contributed by atoms with Crippen molar-refractivity contribution in [2.24, 2.45) is 0 Å². The van der Waals surface area contributed by atoms with Crippen LogP contribution in [-0.4, -0.2) is 24.5 Å². The second-order valence-electron chi connectivity index (χ2n) is 6.12. The smallest absolute Gasteiger partial charge is 0.256 e. The Balaban J connectivity index is 1.49. The lowest BCUT2D eigenvalue weighted by Crippen LogP contribution is -2.15. The number of benzene rings is 2. The van der Waals surface area contributed by atoms with Crippen LogP contribution in [-0.2, 0) is 6.42 Å². The summed E-state index contributed by atoms with van der Waals surface area (Å²) < 4.78 is 5.16. The third-order valence-electron chi connectivity index (χ3n) is 4.52. The molecule has 2 heterocycles. The van der Waals surface area contributed by atoms with E-state index < -0.39 is 0 Å². The molecule has 0 bridgehead atoms. The Morgan fingerprint density at radius 3 is 2.81 bits per heavy atom.